The Balaban J connectivity index is 1.56. The van der Waals surface area contributed by atoms with Gasteiger partial charge in [-0.3, -0.25) is 9.78 Å². The van der Waals surface area contributed by atoms with Crippen molar-refractivity contribution in [3.63, 3.8) is 0 Å². The van der Waals surface area contributed by atoms with E-state index in [1.807, 2.05) is 80.3 Å². The number of nitrogens with zero attached hydrogens (tertiary/aromatic N) is 2. The van der Waals surface area contributed by atoms with Crippen molar-refractivity contribution in [2.24, 2.45) is 5.92 Å². The van der Waals surface area contributed by atoms with Gasteiger partial charge in [-0.25, -0.2) is 0 Å². The molecule has 194 valence electrons. The molecule has 0 bridgehead atoms. The topological polar surface area (TPSA) is 70.4 Å². The zero-order chi connectivity index (χ0) is 27.0. The van der Waals surface area contributed by atoms with Gasteiger partial charge in [-0.15, -0.1) is 0 Å². The zero-order valence-electron chi connectivity index (χ0n) is 21.0. The Labute approximate surface area is 237 Å². The van der Waals surface area contributed by atoms with Crippen molar-refractivity contribution in [2.75, 3.05) is 10.2 Å². The third-order valence-corrected chi connectivity index (χ3v) is 7.35. The van der Waals surface area contributed by atoms with Gasteiger partial charge in [-0.05, 0) is 85.4 Å². The van der Waals surface area contributed by atoms with E-state index in [2.05, 4.69) is 15.6 Å². The molecule has 1 saturated heterocycles. The lowest BCUT2D eigenvalue weighted by molar-refractivity contribution is -0.118. The Morgan fingerprint density at radius 2 is 1.92 bits per heavy atom. The summed E-state index contributed by atoms with van der Waals surface area (Å²) in [6.45, 7) is 5.69. The Hall–Kier alpha value is -3.39. The number of aromatic nitrogens is 1. The molecule has 6 nitrogen and oxygen atoms in total. The number of hydrogen-bond donors (Lipinski definition) is 2. The van der Waals surface area contributed by atoms with Gasteiger partial charge in [-0.1, -0.05) is 43.1 Å². The Morgan fingerprint density at radius 1 is 1.11 bits per heavy atom. The first-order chi connectivity index (χ1) is 18.2. The number of pyridine rings is 1. The van der Waals surface area contributed by atoms with Crippen molar-refractivity contribution in [1.29, 1.82) is 0 Å². The van der Waals surface area contributed by atoms with E-state index in [4.69, 9.17) is 39.8 Å². The number of thiocarbonyl (C=S) groups is 1. The third kappa shape index (κ3) is 5.14. The molecule has 0 radical (unpaired) electrons. The van der Waals surface area contributed by atoms with E-state index in [9.17, 15) is 4.79 Å². The maximum atomic E-state index is 12.3. The van der Waals surface area contributed by atoms with Crippen LogP contribution in [0.2, 0.25) is 10.0 Å². The van der Waals surface area contributed by atoms with Gasteiger partial charge in [0.1, 0.15) is 17.6 Å². The number of furan rings is 1. The van der Waals surface area contributed by atoms with Crippen molar-refractivity contribution >= 4 is 57.8 Å². The molecule has 2 N–H and O–H groups in total. The van der Waals surface area contributed by atoms with Gasteiger partial charge >= 0.3 is 0 Å². The average Bonchev–Trinajstić information content (AvgIpc) is 3.50. The predicted molar refractivity (Wildman–Crippen MR) is 157 cm³/mol. The van der Waals surface area contributed by atoms with E-state index in [-0.39, 0.29) is 23.9 Å². The minimum Gasteiger partial charge on any atom is -0.459 e. The quantitative estimate of drug-likeness (QED) is 0.233. The molecule has 2 atom stereocenters. The van der Waals surface area contributed by atoms with Crippen LogP contribution in [0.5, 0.6) is 0 Å². The first-order valence-electron chi connectivity index (χ1n) is 12.2. The number of carbonyl (C=O) groups is 1. The van der Waals surface area contributed by atoms with Crippen molar-refractivity contribution in [3.8, 4) is 11.3 Å². The van der Waals surface area contributed by atoms with Crippen molar-refractivity contribution in [3.05, 3.63) is 100.0 Å². The highest BCUT2D eigenvalue weighted by Gasteiger charge is 2.42. The second-order valence-electron chi connectivity index (χ2n) is 9.47. The van der Waals surface area contributed by atoms with Gasteiger partial charge < -0.3 is 20.0 Å². The smallest absolute Gasteiger partial charge is 0.226 e. The number of amides is 1. The summed E-state index contributed by atoms with van der Waals surface area (Å²) in [5.74, 6) is 1.18. The molecule has 0 spiro atoms. The lowest BCUT2D eigenvalue weighted by Crippen LogP contribution is -2.29. The minimum absolute atomic E-state index is 0.0312. The molecule has 0 aliphatic carbocycles. The number of aryl methyl sites for hydroxylation is 1. The summed E-state index contributed by atoms with van der Waals surface area (Å²) in [7, 11) is 0. The fourth-order valence-corrected chi connectivity index (χ4v) is 5.33. The Kier molecular flexibility index (Phi) is 7.43. The molecular weight excluding hydrogens is 539 g/mol. The lowest BCUT2D eigenvalue weighted by Gasteiger charge is -2.27. The molecule has 9 heteroatoms. The van der Waals surface area contributed by atoms with E-state index in [1.165, 1.54) is 0 Å². The van der Waals surface area contributed by atoms with Crippen LogP contribution in [0.1, 0.15) is 42.9 Å². The molecule has 2 aromatic carbocycles. The number of carbonyl (C=O) groups excluding carboxylic acids is 1. The highest BCUT2D eigenvalue weighted by molar-refractivity contribution is 7.80. The summed E-state index contributed by atoms with van der Waals surface area (Å²) in [5, 5.41) is 8.04. The molecule has 5 rings (SSSR count). The van der Waals surface area contributed by atoms with Crippen LogP contribution in [-0.2, 0) is 4.79 Å². The second-order valence-corrected chi connectivity index (χ2v) is 10.7. The van der Waals surface area contributed by atoms with Crippen molar-refractivity contribution in [2.45, 2.75) is 32.9 Å². The van der Waals surface area contributed by atoms with Crippen LogP contribution >= 0.6 is 35.4 Å². The first-order valence-corrected chi connectivity index (χ1v) is 13.4. The van der Waals surface area contributed by atoms with Crippen LogP contribution in [0.3, 0.4) is 0 Å². The van der Waals surface area contributed by atoms with Crippen LogP contribution in [0, 0.1) is 12.8 Å². The summed E-state index contributed by atoms with van der Waals surface area (Å²) < 4.78 is 6.41. The highest BCUT2D eigenvalue weighted by atomic mass is 35.5. The summed E-state index contributed by atoms with van der Waals surface area (Å²) >= 11 is 18.4. The van der Waals surface area contributed by atoms with Crippen LogP contribution in [0.15, 0.2) is 77.3 Å². The number of hydrogen-bond acceptors (Lipinski definition) is 4. The largest absolute Gasteiger partial charge is 0.459 e. The Bertz CT molecular complexity index is 1510. The monoisotopic (exact) mass is 564 g/mol. The zero-order valence-corrected chi connectivity index (χ0v) is 23.4. The highest BCUT2D eigenvalue weighted by Crippen LogP contribution is 2.44. The fourth-order valence-electron chi connectivity index (χ4n) is 4.48. The summed E-state index contributed by atoms with van der Waals surface area (Å²) in [6.07, 6.45) is 1.76. The molecule has 1 amide bonds. The average molecular weight is 566 g/mol. The second kappa shape index (κ2) is 10.8. The predicted octanol–water partition coefficient (Wildman–Crippen LogP) is 7.73. The number of nitrogens with one attached hydrogen (secondary N) is 2. The Morgan fingerprint density at radius 3 is 2.61 bits per heavy atom. The molecule has 1 aliphatic rings. The number of halogens is 2. The molecule has 38 heavy (non-hydrogen) atoms. The summed E-state index contributed by atoms with van der Waals surface area (Å²) in [4.78, 5) is 18.9. The maximum absolute atomic E-state index is 12.3. The number of anilines is 2. The van der Waals surface area contributed by atoms with Gasteiger partial charge in [0, 0.05) is 34.1 Å². The van der Waals surface area contributed by atoms with Crippen LogP contribution in [-0.4, -0.2) is 16.0 Å². The minimum atomic E-state index is -0.326. The summed E-state index contributed by atoms with van der Waals surface area (Å²) in [5.41, 5.74) is 4.14. The standard InChI is InChI=1S/C29H26Cl2N4O2S/c1-16(2)28(36)33-22-10-8-19(14-17(22)3)35-27(26(34-29(35)38)23-6-4-5-13-32-23)25-12-11-24(37-25)20-9-7-18(30)15-21(20)31/h4-16,26-27H,1-3H3,(H,33,36)(H,34,38)/t26-,27-/m0/s1. The number of benzene rings is 2. The lowest BCUT2D eigenvalue weighted by atomic mass is 10.0. The molecule has 0 unspecified atom stereocenters. The molecule has 2 aromatic heterocycles. The van der Waals surface area contributed by atoms with Gasteiger partial charge in [0.2, 0.25) is 5.91 Å². The van der Waals surface area contributed by atoms with E-state index in [0.29, 0.717) is 26.7 Å². The molecule has 3 heterocycles. The van der Waals surface area contributed by atoms with E-state index < -0.39 is 0 Å². The van der Waals surface area contributed by atoms with Gasteiger partial charge in [-0.2, -0.15) is 0 Å². The third-order valence-electron chi connectivity index (χ3n) is 6.48. The molecule has 1 aliphatic heterocycles. The van der Waals surface area contributed by atoms with Crippen molar-refractivity contribution < 1.29 is 9.21 Å². The fraction of sp³-hybridized carbons (Fsp3) is 0.207. The van der Waals surface area contributed by atoms with E-state index in [0.717, 1.165) is 28.2 Å². The first kappa shape index (κ1) is 26.2. The van der Waals surface area contributed by atoms with Gasteiger partial charge in [0.05, 0.1) is 16.8 Å². The van der Waals surface area contributed by atoms with E-state index >= 15 is 0 Å². The normalized spacial score (nSPS) is 17.1. The van der Waals surface area contributed by atoms with Crippen LogP contribution in [0.4, 0.5) is 11.4 Å². The molecule has 1 fully saturated rings. The van der Waals surface area contributed by atoms with Crippen molar-refractivity contribution in [1.82, 2.24) is 10.3 Å². The maximum Gasteiger partial charge on any atom is 0.226 e. The van der Waals surface area contributed by atoms with Gasteiger partial charge in [0.15, 0.2) is 5.11 Å². The molecular formula is C29H26Cl2N4O2S. The molecule has 4 aromatic rings. The van der Waals surface area contributed by atoms with Crippen LogP contribution < -0.4 is 15.5 Å². The SMILES string of the molecule is Cc1cc(N2C(=S)N[C@@H](c3ccccn3)[C@@H]2c2ccc(-c3ccc(Cl)cc3Cl)o2)ccc1NC(=O)C(C)C. The van der Waals surface area contributed by atoms with Crippen LogP contribution in [0.25, 0.3) is 11.3 Å². The van der Waals surface area contributed by atoms with Gasteiger partial charge in [0.25, 0.3) is 0 Å². The van der Waals surface area contributed by atoms with E-state index in [1.54, 1.807) is 18.3 Å². The number of rotatable bonds is 6. The molecule has 0 saturated carbocycles. The summed E-state index contributed by atoms with van der Waals surface area (Å²) in [6, 6.07) is 20.2.